The van der Waals surface area contributed by atoms with E-state index < -0.39 is 0 Å². The molecule has 2 nitrogen and oxygen atoms in total. The Kier molecular flexibility index (Phi) is 4.44. The van der Waals surface area contributed by atoms with Crippen molar-refractivity contribution in [3.8, 4) is 0 Å². The summed E-state index contributed by atoms with van der Waals surface area (Å²) >= 11 is 0. The van der Waals surface area contributed by atoms with Crippen LogP contribution in [-0.4, -0.2) is 23.7 Å². The topological polar surface area (TPSA) is 15.6 Å². The van der Waals surface area contributed by atoms with Crippen molar-refractivity contribution in [1.82, 2.24) is 4.90 Å². The van der Waals surface area contributed by atoms with Gasteiger partial charge in [0.1, 0.15) is 5.82 Å². The molecule has 0 aromatic rings. The number of likely N-dealkylation sites (tertiary alicyclic amines) is 1. The van der Waals surface area contributed by atoms with Crippen molar-refractivity contribution >= 4 is 5.71 Å². The standard InChI is InChI=1S/C12H20N2/c1-4-11(3)13-12(5-2)14-9-7-6-8-10-14/h4-5H,1,6-10H2,2-3H3/b12-5+,13-11?. The lowest BCUT2D eigenvalue weighted by molar-refractivity contribution is 0.283. The Labute approximate surface area is 87.0 Å². The number of hydrogen-bond acceptors (Lipinski definition) is 2. The van der Waals surface area contributed by atoms with E-state index in [1.165, 1.54) is 19.3 Å². The summed E-state index contributed by atoms with van der Waals surface area (Å²) in [5.41, 5.74) is 0.990. The largest absolute Gasteiger partial charge is 0.357 e. The summed E-state index contributed by atoms with van der Waals surface area (Å²) in [4.78, 5) is 6.88. The summed E-state index contributed by atoms with van der Waals surface area (Å²) in [6.45, 7) is 10.0. The molecule has 0 amide bonds. The molecule has 1 rings (SSSR count). The molecule has 78 valence electrons. The zero-order chi connectivity index (χ0) is 10.4. The molecule has 2 heteroatoms. The molecule has 1 aliphatic heterocycles. The van der Waals surface area contributed by atoms with Gasteiger partial charge in [0.15, 0.2) is 0 Å². The summed E-state index contributed by atoms with van der Waals surface area (Å²) in [7, 11) is 0. The maximum Gasteiger partial charge on any atom is 0.124 e. The molecular weight excluding hydrogens is 172 g/mol. The molecule has 14 heavy (non-hydrogen) atoms. The van der Waals surface area contributed by atoms with Gasteiger partial charge in [-0.1, -0.05) is 6.58 Å². The van der Waals surface area contributed by atoms with E-state index in [0.29, 0.717) is 0 Å². The fourth-order valence-electron chi connectivity index (χ4n) is 1.67. The number of aliphatic imine (C=N–C) groups is 1. The highest BCUT2D eigenvalue weighted by molar-refractivity contribution is 5.92. The van der Waals surface area contributed by atoms with Crippen LogP contribution in [-0.2, 0) is 0 Å². The first-order valence-corrected chi connectivity index (χ1v) is 5.37. The molecule has 1 heterocycles. The Balaban J connectivity index is 2.66. The van der Waals surface area contributed by atoms with E-state index in [-0.39, 0.29) is 0 Å². The van der Waals surface area contributed by atoms with Crippen molar-refractivity contribution in [1.29, 1.82) is 0 Å². The van der Waals surface area contributed by atoms with Gasteiger partial charge in [-0.15, -0.1) is 0 Å². The van der Waals surface area contributed by atoms with Gasteiger partial charge in [0.2, 0.25) is 0 Å². The first-order chi connectivity index (χ1) is 6.77. The lowest BCUT2D eigenvalue weighted by Crippen LogP contribution is -2.28. The third-order valence-corrected chi connectivity index (χ3v) is 2.52. The molecule has 0 bridgehead atoms. The van der Waals surface area contributed by atoms with Gasteiger partial charge < -0.3 is 4.90 Å². The molecule has 0 N–H and O–H groups in total. The van der Waals surface area contributed by atoms with Crippen molar-refractivity contribution in [2.75, 3.05) is 13.1 Å². The van der Waals surface area contributed by atoms with E-state index in [4.69, 9.17) is 0 Å². The molecule has 1 saturated heterocycles. The van der Waals surface area contributed by atoms with Gasteiger partial charge in [0.05, 0.1) is 0 Å². The predicted octanol–water partition coefficient (Wildman–Crippen LogP) is 2.98. The molecule has 0 atom stereocenters. The van der Waals surface area contributed by atoms with Crippen LogP contribution in [0.1, 0.15) is 33.1 Å². The van der Waals surface area contributed by atoms with E-state index in [1.807, 2.05) is 13.8 Å². The van der Waals surface area contributed by atoms with E-state index in [9.17, 15) is 0 Å². The zero-order valence-electron chi connectivity index (χ0n) is 9.29. The normalized spacial score (nSPS) is 19.7. The van der Waals surface area contributed by atoms with Crippen LogP contribution in [0.15, 0.2) is 29.5 Å². The van der Waals surface area contributed by atoms with Crippen LogP contribution in [0.4, 0.5) is 0 Å². The van der Waals surface area contributed by atoms with Gasteiger partial charge >= 0.3 is 0 Å². The SMILES string of the molecule is C=CC(C)=N/C(=C\C)N1CCCCC1. The number of piperidine rings is 1. The smallest absolute Gasteiger partial charge is 0.124 e. The van der Waals surface area contributed by atoms with Crippen LogP contribution in [0.3, 0.4) is 0 Å². The molecule has 0 aliphatic carbocycles. The van der Waals surface area contributed by atoms with Crippen molar-refractivity contribution < 1.29 is 0 Å². The van der Waals surface area contributed by atoms with Crippen molar-refractivity contribution in [3.63, 3.8) is 0 Å². The highest BCUT2D eigenvalue weighted by Crippen LogP contribution is 2.15. The third kappa shape index (κ3) is 3.02. The van der Waals surface area contributed by atoms with Crippen LogP contribution in [0.5, 0.6) is 0 Å². The third-order valence-electron chi connectivity index (χ3n) is 2.52. The molecule has 0 radical (unpaired) electrons. The van der Waals surface area contributed by atoms with Crippen LogP contribution in [0, 0.1) is 0 Å². The van der Waals surface area contributed by atoms with Crippen LogP contribution in [0.25, 0.3) is 0 Å². The molecule has 0 saturated carbocycles. The minimum Gasteiger partial charge on any atom is -0.357 e. The predicted molar refractivity (Wildman–Crippen MR) is 62.5 cm³/mol. The highest BCUT2D eigenvalue weighted by Gasteiger charge is 2.11. The van der Waals surface area contributed by atoms with E-state index in [0.717, 1.165) is 24.6 Å². The molecule has 0 aromatic heterocycles. The first-order valence-electron chi connectivity index (χ1n) is 5.37. The minimum absolute atomic E-state index is 0.990. The van der Waals surface area contributed by atoms with Crippen molar-refractivity contribution in [3.05, 3.63) is 24.6 Å². The van der Waals surface area contributed by atoms with Gasteiger partial charge in [0, 0.05) is 18.8 Å². The van der Waals surface area contributed by atoms with Crippen molar-refractivity contribution in [2.45, 2.75) is 33.1 Å². The Bertz CT molecular complexity index is 245. The molecule has 0 unspecified atom stereocenters. The average molecular weight is 192 g/mol. The minimum atomic E-state index is 0.990. The van der Waals surface area contributed by atoms with Gasteiger partial charge in [-0.2, -0.15) is 0 Å². The number of allylic oxidation sites excluding steroid dienone is 2. The van der Waals surface area contributed by atoms with Gasteiger partial charge in [0.25, 0.3) is 0 Å². The Morgan fingerprint density at radius 2 is 1.93 bits per heavy atom. The monoisotopic (exact) mass is 192 g/mol. The summed E-state index contributed by atoms with van der Waals surface area (Å²) in [5.74, 6) is 1.10. The fraction of sp³-hybridized carbons (Fsp3) is 0.583. The number of nitrogens with zero attached hydrogens (tertiary/aromatic N) is 2. The Morgan fingerprint density at radius 3 is 2.43 bits per heavy atom. The molecule has 0 spiro atoms. The molecule has 1 aliphatic rings. The van der Waals surface area contributed by atoms with Gasteiger partial charge in [-0.05, 0) is 45.3 Å². The summed E-state index contributed by atoms with van der Waals surface area (Å²) in [5, 5.41) is 0. The number of rotatable bonds is 3. The molecule has 0 aromatic carbocycles. The maximum absolute atomic E-state index is 4.52. The second kappa shape index (κ2) is 5.63. The average Bonchev–Trinajstić information content (AvgIpc) is 2.26. The molecular formula is C12H20N2. The number of hydrogen-bond donors (Lipinski definition) is 0. The summed E-state index contributed by atoms with van der Waals surface area (Å²) < 4.78 is 0. The second-order valence-electron chi connectivity index (χ2n) is 3.65. The van der Waals surface area contributed by atoms with Crippen LogP contribution < -0.4 is 0 Å². The van der Waals surface area contributed by atoms with E-state index in [2.05, 4.69) is 22.5 Å². The van der Waals surface area contributed by atoms with Gasteiger partial charge in [-0.25, -0.2) is 4.99 Å². The first kappa shape index (κ1) is 11.0. The quantitative estimate of drug-likeness (QED) is 0.628. The van der Waals surface area contributed by atoms with Gasteiger partial charge in [-0.3, -0.25) is 0 Å². The summed E-state index contributed by atoms with van der Waals surface area (Å²) in [6.07, 6.45) is 7.82. The van der Waals surface area contributed by atoms with Crippen LogP contribution >= 0.6 is 0 Å². The lowest BCUT2D eigenvalue weighted by atomic mass is 10.1. The highest BCUT2D eigenvalue weighted by atomic mass is 15.2. The summed E-state index contributed by atoms with van der Waals surface area (Å²) in [6, 6.07) is 0. The fourth-order valence-corrected chi connectivity index (χ4v) is 1.67. The Hall–Kier alpha value is -1.05. The molecule has 1 fully saturated rings. The zero-order valence-corrected chi connectivity index (χ0v) is 9.29. The lowest BCUT2D eigenvalue weighted by Gasteiger charge is -2.28. The second-order valence-corrected chi connectivity index (χ2v) is 3.65. The van der Waals surface area contributed by atoms with E-state index >= 15 is 0 Å². The van der Waals surface area contributed by atoms with Crippen molar-refractivity contribution in [2.24, 2.45) is 4.99 Å². The van der Waals surface area contributed by atoms with Crippen LogP contribution in [0.2, 0.25) is 0 Å². The maximum atomic E-state index is 4.52. The van der Waals surface area contributed by atoms with E-state index in [1.54, 1.807) is 6.08 Å². The Morgan fingerprint density at radius 1 is 1.29 bits per heavy atom.